The summed E-state index contributed by atoms with van der Waals surface area (Å²) in [4.78, 5) is 28.6. The Hall–Kier alpha value is -2.50. The van der Waals surface area contributed by atoms with Crippen molar-refractivity contribution in [3.63, 3.8) is 0 Å². The zero-order valence-electron chi connectivity index (χ0n) is 9.53. The number of hydrogen-bond donors (Lipinski definition) is 2. The lowest BCUT2D eigenvalue weighted by molar-refractivity contribution is 0.103. The molecule has 0 aliphatic heterocycles. The Morgan fingerprint density at radius 3 is 2.78 bits per heavy atom. The summed E-state index contributed by atoms with van der Waals surface area (Å²) < 4.78 is 13.1. The molecule has 0 saturated heterocycles. The van der Waals surface area contributed by atoms with E-state index in [1.807, 2.05) is 0 Å². The fourth-order valence-electron chi connectivity index (χ4n) is 1.53. The van der Waals surface area contributed by atoms with E-state index in [0.29, 0.717) is 5.56 Å². The highest BCUT2D eigenvalue weighted by Crippen LogP contribution is 2.15. The van der Waals surface area contributed by atoms with Crippen LogP contribution in [-0.4, -0.2) is 15.8 Å². The number of anilines is 1. The number of ketones is 1. The first-order valence-corrected chi connectivity index (χ1v) is 5.14. The second kappa shape index (κ2) is 4.40. The lowest BCUT2D eigenvalue weighted by Crippen LogP contribution is -2.17. The molecule has 1 aromatic carbocycles. The van der Waals surface area contributed by atoms with Crippen LogP contribution < -0.4 is 11.4 Å². The number of aromatic nitrogens is 2. The largest absolute Gasteiger partial charge is 0.384 e. The molecule has 0 unspecified atom stereocenters. The van der Waals surface area contributed by atoms with Crippen LogP contribution in [0.5, 0.6) is 0 Å². The van der Waals surface area contributed by atoms with Gasteiger partial charge in [-0.25, -0.2) is 14.2 Å². The molecule has 5 nitrogen and oxygen atoms in total. The molecule has 2 rings (SSSR count). The molecule has 0 fully saturated rings. The standard InChI is InChI=1S/C12H10FN3O2/c1-6-4-7(2-3-9(6)13)10(17)8-5-15-12(18)16-11(8)14/h2-5H,1H3,(H3,14,15,16,18). The maximum Gasteiger partial charge on any atom is 0.346 e. The van der Waals surface area contributed by atoms with E-state index in [9.17, 15) is 14.0 Å². The van der Waals surface area contributed by atoms with Gasteiger partial charge in [0.2, 0.25) is 0 Å². The van der Waals surface area contributed by atoms with E-state index in [1.54, 1.807) is 6.92 Å². The second-order valence-electron chi connectivity index (χ2n) is 3.81. The van der Waals surface area contributed by atoms with Gasteiger partial charge in [0.25, 0.3) is 0 Å². The summed E-state index contributed by atoms with van der Waals surface area (Å²) in [6.07, 6.45) is 1.11. The Bertz CT molecular complexity index is 679. The van der Waals surface area contributed by atoms with E-state index >= 15 is 0 Å². The summed E-state index contributed by atoms with van der Waals surface area (Å²) in [7, 11) is 0. The Kier molecular flexibility index (Phi) is 2.93. The number of hydrogen-bond acceptors (Lipinski definition) is 4. The van der Waals surface area contributed by atoms with Crippen molar-refractivity contribution < 1.29 is 9.18 Å². The van der Waals surface area contributed by atoms with E-state index in [-0.39, 0.29) is 22.8 Å². The molecule has 6 heteroatoms. The highest BCUT2D eigenvalue weighted by molar-refractivity contribution is 6.11. The highest BCUT2D eigenvalue weighted by atomic mass is 19.1. The Morgan fingerprint density at radius 2 is 2.17 bits per heavy atom. The van der Waals surface area contributed by atoms with Crippen molar-refractivity contribution in [2.45, 2.75) is 6.92 Å². The lowest BCUT2D eigenvalue weighted by Gasteiger charge is -2.04. The van der Waals surface area contributed by atoms with Crippen molar-refractivity contribution >= 4 is 11.6 Å². The van der Waals surface area contributed by atoms with Crippen LogP contribution in [0.15, 0.2) is 29.2 Å². The van der Waals surface area contributed by atoms with Gasteiger partial charge in [0.15, 0.2) is 5.78 Å². The van der Waals surface area contributed by atoms with Crippen molar-refractivity contribution in [1.82, 2.24) is 9.97 Å². The van der Waals surface area contributed by atoms with Crippen LogP contribution in [0.2, 0.25) is 0 Å². The molecular formula is C12H10FN3O2. The summed E-state index contributed by atoms with van der Waals surface area (Å²) in [5, 5.41) is 0. The van der Waals surface area contributed by atoms with Gasteiger partial charge >= 0.3 is 5.69 Å². The highest BCUT2D eigenvalue weighted by Gasteiger charge is 2.14. The van der Waals surface area contributed by atoms with Gasteiger partial charge < -0.3 is 5.73 Å². The molecule has 0 amide bonds. The number of nitrogens with two attached hydrogens (primary N) is 1. The molecule has 1 heterocycles. The Balaban J connectivity index is 2.47. The average molecular weight is 247 g/mol. The predicted octanol–water partition coefficient (Wildman–Crippen LogP) is 1.03. The smallest absolute Gasteiger partial charge is 0.346 e. The number of aromatic amines is 1. The fourth-order valence-corrected chi connectivity index (χ4v) is 1.53. The van der Waals surface area contributed by atoms with Crippen LogP contribution in [-0.2, 0) is 0 Å². The van der Waals surface area contributed by atoms with Crippen molar-refractivity contribution in [2.24, 2.45) is 0 Å². The van der Waals surface area contributed by atoms with Gasteiger partial charge in [-0.2, -0.15) is 0 Å². The number of aryl methyl sites for hydroxylation is 1. The van der Waals surface area contributed by atoms with Crippen LogP contribution in [0.4, 0.5) is 10.2 Å². The molecule has 0 bridgehead atoms. The van der Waals surface area contributed by atoms with Crippen LogP contribution in [0.3, 0.4) is 0 Å². The first kappa shape index (κ1) is 12.0. The summed E-state index contributed by atoms with van der Waals surface area (Å²) in [5.41, 5.74) is 5.64. The molecular weight excluding hydrogens is 237 g/mol. The molecule has 0 spiro atoms. The van der Waals surface area contributed by atoms with Crippen molar-refractivity contribution in [3.8, 4) is 0 Å². The molecule has 3 N–H and O–H groups in total. The number of nitrogens with zero attached hydrogens (tertiary/aromatic N) is 1. The van der Waals surface area contributed by atoms with E-state index in [2.05, 4.69) is 9.97 Å². The van der Waals surface area contributed by atoms with Gasteiger partial charge in [-0.1, -0.05) is 0 Å². The SMILES string of the molecule is Cc1cc(C(=O)c2cnc(=O)[nH]c2N)ccc1F. The van der Waals surface area contributed by atoms with Crippen LogP contribution in [0, 0.1) is 12.7 Å². The van der Waals surface area contributed by atoms with Crippen LogP contribution in [0.25, 0.3) is 0 Å². The number of benzene rings is 1. The zero-order chi connectivity index (χ0) is 13.3. The van der Waals surface area contributed by atoms with Crippen molar-refractivity contribution in [3.05, 3.63) is 57.4 Å². The number of halogens is 1. The zero-order valence-corrected chi connectivity index (χ0v) is 9.53. The van der Waals surface area contributed by atoms with E-state index in [4.69, 9.17) is 5.73 Å². The first-order valence-electron chi connectivity index (χ1n) is 5.14. The Morgan fingerprint density at radius 1 is 1.44 bits per heavy atom. The molecule has 18 heavy (non-hydrogen) atoms. The van der Waals surface area contributed by atoms with Gasteiger partial charge in [-0.05, 0) is 30.7 Å². The van der Waals surface area contributed by atoms with Gasteiger partial charge in [0.05, 0.1) is 5.56 Å². The van der Waals surface area contributed by atoms with E-state index < -0.39 is 11.5 Å². The first-order chi connectivity index (χ1) is 8.49. The van der Waals surface area contributed by atoms with Gasteiger partial charge in [-0.3, -0.25) is 9.78 Å². The third-order valence-corrected chi connectivity index (χ3v) is 2.51. The maximum absolute atomic E-state index is 13.1. The predicted molar refractivity (Wildman–Crippen MR) is 63.8 cm³/mol. The van der Waals surface area contributed by atoms with Gasteiger partial charge in [0.1, 0.15) is 11.6 Å². The summed E-state index contributed by atoms with van der Waals surface area (Å²) >= 11 is 0. The van der Waals surface area contributed by atoms with Crippen molar-refractivity contribution in [2.75, 3.05) is 5.73 Å². The summed E-state index contributed by atoms with van der Waals surface area (Å²) in [6.45, 7) is 1.56. The summed E-state index contributed by atoms with van der Waals surface area (Å²) in [5.74, 6) is -0.861. The molecule has 0 saturated carbocycles. The third-order valence-electron chi connectivity index (χ3n) is 2.51. The molecule has 0 atom stereocenters. The minimum atomic E-state index is -0.626. The molecule has 0 aliphatic carbocycles. The molecule has 1 aromatic heterocycles. The van der Waals surface area contributed by atoms with E-state index in [0.717, 1.165) is 6.20 Å². The third kappa shape index (κ3) is 2.13. The monoisotopic (exact) mass is 247 g/mol. The quantitative estimate of drug-likeness (QED) is 0.776. The fraction of sp³-hybridized carbons (Fsp3) is 0.0833. The van der Waals surface area contributed by atoms with Crippen molar-refractivity contribution in [1.29, 1.82) is 0 Å². The van der Waals surface area contributed by atoms with Gasteiger partial charge in [0, 0.05) is 11.8 Å². The number of carbonyl (C=O) groups excluding carboxylic acids is 1. The number of H-pyrrole nitrogens is 1. The summed E-state index contributed by atoms with van der Waals surface area (Å²) in [6, 6.07) is 3.98. The molecule has 92 valence electrons. The van der Waals surface area contributed by atoms with Gasteiger partial charge in [-0.15, -0.1) is 0 Å². The number of nitrogen functional groups attached to an aromatic ring is 1. The minimum Gasteiger partial charge on any atom is -0.384 e. The normalized spacial score (nSPS) is 10.3. The van der Waals surface area contributed by atoms with Crippen LogP contribution in [0.1, 0.15) is 21.5 Å². The topological polar surface area (TPSA) is 88.8 Å². The number of rotatable bonds is 2. The molecule has 2 aromatic rings. The number of nitrogens with one attached hydrogen (secondary N) is 1. The average Bonchev–Trinajstić information content (AvgIpc) is 2.32. The minimum absolute atomic E-state index is 0.0537. The van der Waals surface area contributed by atoms with Crippen LogP contribution >= 0.6 is 0 Å². The molecule has 0 aliphatic rings. The van der Waals surface area contributed by atoms with E-state index in [1.165, 1.54) is 18.2 Å². The Labute approximate surface area is 101 Å². The molecule has 0 radical (unpaired) electrons. The maximum atomic E-state index is 13.1. The second-order valence-corrected chi connectivity index (χ2v) is 3.81. The lowest BCUT2D eigenvalue weighted by atomic mass is 10.0. The number of carbonyl (C=O) groups is 1.